The van der Waals surface area contributed by atoms with E-state index in [2.05, 4.69) is 49.5 Å². The molecule has 2 atom stereocenters. The number of hydrogen-bond donors (Lipinski definition) is 2. The summed E-state index contributed by atoms with van der Waals surface area (Å²) < 4.78 is 5.76. The molecule has 2 aromatic rings. The second-order valence-electron chi connectivity index (χ2n) is 10.6. The Kier molecular flexibility index (Phi) is 7.30. The van der Waals surface area contributed by atoms with E-state index < -0.39 is 16.6 Å². The van der Waals surface area contributed by atoms with Gasteiger partial charge in [0.15, 0.2) is 5.79 Å². The fourth-order valence-corrected chi connectivity index (χ4v) is 4.66. The van der Waals surface area contributed by atoms with Gasteiger partial charge in [0.25, 0.3) is 0 Å². The third-order valence-corrected chi connectivity index (χ3v) is 6.40. The number of methoxy groups -OCH3 is 1. The van der Waals surface area contributed by atoms with Gasteiger partial charge in [0.2, 0.25) is 5.91 Å². The quantitative estimate of drug-likeness (QED) is 0.568. The number of benzene rings is 2. The van der Waals surface area contributed by atoms with Gasteiger partial charge in [-0.1, -0.05) is 107 Å². The van der Waals surface area contributed by atoms with E-state index >= 15 is 0 Å². The number of carbonyl (C=O) groups excluding carboxylic acids is 1. The lowest BCUT2D eigenvalue weighted by atomic mass is 9.65. The van der Waals surface area contributed by atoms with Crippen LogP contribution in [0.3, 0.4) is 0 Å². The lowest BCUT2D eigenvalue weighted by Gasteiger charge is -2.47. The number of hydrogen-bond acceptors (Lipinski definition) is 3. The molecule has 0 saturated heterocycles. The van der Waals surface area contributed by atoms with Crippen LogP contribution in [-0.4, -0.2) is 30.5 Å². The summed E-state index contributed by atoms with van der Waals surface area (Å²) in [6.45, 7) is 10.3. The van der Waals surface area contributed by atoms with Crippen molar-refractivity contribution in [3.63, 3.8) is 0 Å². The maximum atomic E-state index is 12.7. The number of aliphatic hydroxyl groups is 1. The normalized spacial score (nSPS) is 21.1. The van der Waals surface area contributed by atoms with Crippen LogP contribution in [0.2, 0.25) is 0 Å². The van der Waals surface area contributed by atoms with E-state index in [1.807, 2.05) is 63.2 Å². The van der Waals surface area contributed by atoms with Crippen molar-refractivity contribution in [2.24, 2.45) is 16.7 Å². The van der Waals surface area contributed by atoms with E-state index in [0.717, 1.165) is 22.3 Å². The highest BCUT2D eigenvalue weighted by Gasteiger charge is 2.49. The van der Waals surface area contributed by atoms with E-state index in [-0.39, 0.29) is 11.8 Å². The van der Waals surface area contributed by atoms with Gasteiger partial charge < -0.3 is 15.2 Å². The van der Waals surface area contributed by atoms with E-state index in [9.17, 15) is 9.90 Å². The van der Waals surface area contributed by atoms with Crippen LogP contribution in [0.1, 0.15) is 52.2 Å². The van der Waals surface area contributed by atoms with Crippen LogP contribution < -0.4 is 5.32 Å². The largest absolute Gasteiger partial charge is 0.365 e. The van der Waals surface area contributed by atoms with Crippen LogP contribution in [0, 0.1) is 16.7 Å². The topological polar surface area (TPSA) is 58.6 Å². The Hall–Kier alpha value is -2.69. The standard InChI is InChI=1S/C29H37NO3/c1-27(2,3)26(31)30-20-28(4,5)25-23(18-13-19-29(25,32)33-6)24(21-14-9-7-10-15-21)22-16-11-8-12-17-22/h7-18,25,32H,19-20H2,1-6H3,(H,30,31). The highest BCUT2D eigenvalue weighted by molar-refractivity contribution is 5.84. The third-order valence-electron chi connectivity index (χ3n) is 6.40. The Morgan fingerprint density at radius 1 is 1.00 bits per heavy atom. The van der Waals surface area contributed by atoms with E-state index in [1.54, 1.807) is 7.11 Å². The number of allylic oxidation sites excluding steroid dienone is 1. The van der Waals surface area contributed by atoms with Crippen molar-refractivity contribution in [1.82, 2.24) is 5.32 Å². The Balaban J connectivity index is 2.19. The van der Waals surface area contributed by atoms with E-state index in [4.69, 9.17) is 4.74 Å². The van der Waals surface area contributed by atoms with Crippen LogP contribution in [0.15, 0.2) is 78.4 Å². The summed E-state index contributed by atoms with van der Waals surface area (Å²) in [5.74, 6) is -1.79. The minimum atomic E-state index is -1.39. The average Bonchev–Trinajstić information content (AvgIpc) is 2.78. The van der Waals surface area contributed by atoms with E-state index in [0.29, 0.717) is 13.0 Å². The molecule has 2 aromatic carbocycles. The molecule has 33 heavy (non-hydrogen) atoms. The second-order valence-corrected chi connectivity index (χ2v) is 10.6. The van der Waals surface area contributed by atoms with Crippen molar-refractivity contribution in [2.75, 3.05) is 13.7 Å². The average molecular weight is 448 g/mol. The summed E-state index contributed by atoms with van der Waals surface area (Å²) in [7, 11) is 1.55. The first-order chi connectivity index (χ1) is 15.5. The minimum Gasteiger partial charge on any atom is -0.365 e. The molecule has 1 amide bonds. The number of ether oxygens (including phenoxy) is 1. The number of amides is 1. The van der Waals surface area contributed by atoms with Crippen molar-refractivity contribution in [3.05, 3.63) is 89.5 Å². The van der Waals surface area contributed by atoms with Crippen LogP contribution in [0.4, 0.5) is 0 Å². The maximum absolute atomic E-state index is 12.7. The lowest BCUT2D eigenvalue weighted by molar-refractivity contribution is -0.231. The molecule has 0 radical (unpaired) electrons. The van der Waals surface area contributed by atoms with Crippen molar-refractivity contribution < 1.29 is 14.6 Å². The van der Waals surface area contributed by atoms with Gasteiger partial charge in [-0.3, -0.25) is 4.79 Å². The molecule has 0 fully saturated rings. The molecule has 0 saturated carbocycles. The van der Waals surface area contributed by atoms with Gasteiger partial charge >= 0.3 is 0 Å². The maximum Gasteiger partial charge on any atom is 0.225 e. The predicted molar refractivity (Wildman–Crippen MR) is 134 cm³/mol. The molecule has 4 nitrogen and oxygen atoms in total. The molecule has 1 aliphatic carbocycles. The smallest absolute Gasteiger partial charge is 0.225 e. The van der Waals surface area contributed by atoms with Gasteiger partial charge in [0.05, 0.1) is 0 Å². The monoisotopic (exact) mass is 447 g/mol. The Bertz CT molecular complexity index is 974. The fourth-order valence-electron chi connectivity index (χ4n) is 4.66. The van der Waals surface area contributed by atoms with Crippen LogP contribution in [0.5, 0.6) is 0 Å². The van der Waals surface area contributed by atoms with Crippen molar-refractivity contribution in [3.8, 4) is 0 Å². The molecule has 1 aliphatic rings. The zero-order valence-corrected chi connectivity index (χ0v) is 20.7. The number of rotatable bonds is 6. The molecular formula is C29H37NO3. The SMILES string of the molecule is COC1(O)CC=CC(=C(c2ccccc2)c2ccccc2)C1C(C)(C)CNC(=O)C(C)(C)C. The first kappa shape index (κ1) is 24.9. The van der Waals surface area contributed by atoms with Crippen molar-refractivity contribution >= 4 is 11.5 Å². The zero-order chi connectivity index (χ0) is 24.3. The summed E-state index contributed by atoms with van der Waals surface area (Å²) in [4.78, 5) is 12.7. The fraction of sp³-hybridized carbons (Fsp3) is 0.414. The Morgan fingerprint density at radius 2 is 1.52 bits per heavy atom. The van der Waals surface area contributed by atoms with Gasteiger partial charge in [-0.25, -0.2) is 0 Å². The van der Waals surface area contributed by atoms with Gasteiger partial charge in [0, 0.05) is 31.4 Å². The molecule has 3 rings (SSSR count). The van der Waals surface area contributed by atoms with Crippen LogP contribution in [0.25, 0.3) is 5.57 Å². The summed E-state index contributed by atoms with van der Waals surface area (Å²) in [6, 6.07) is 20.5. The number of nitrogens with one attached hydrogen (secondary N) is 1. The van der Waals surface area contributed by atoms with Gasteiger partial charge in [-0.05, 0) is 27.7 Å². The summed E-state index contributed by atoms with van der Waals surface area (Å²) in [5.41, 5.74) is 3.21. The first-order valence-corrected chi connectivity index (χ1v) is 11.6. The molecule has 4 heteroatoms. The third kappa shape index (κ3) is 5.45. The molecule has 0 heterocycles. The molecule has 2 N–H and O–H groups in total. The van der Waals surface area contributed by atoms with Crippen LogP contribution >= 0.6 is 0 Å². The predicted octanol–water partition coefficient (Wildman–Crippen LogP) is 5.59. The second kappa shape index (κ2) is 9.66. The van der Waals surface area contributed by atoms with Crippen LogP contribution in [-0.2, 0) is 9.53 Å². The lowest BCUT2D eigenvalue weighted by Crippen LogP contribution is -2.53. The van der Waals surface area contributed by atoms with Gasteiger partial charge in [-0.15, -0.1) is 0 Å². The molecule has 0 spiro atoms. The first-order valence-electron chi connectivity index (χ1n) is 11.6. The Labute approximate surface area is 198 Å². The van der Waals surface area contributed by atoms with Crippen molar-refractivity contribution in [1.29, 1.82) is 0 Å². The Morgan fingerprint density at radius 3 is 1.97 bits per heavy atom. The summed E-state index contributed by atoms with van der Waals surface area (Å²) >= 11 is 0. The molecular weight excluding hydrogens is 410 g/mol. The molecule has 0 aliphatic heterocycles. The molecule has 0 aromatic heterocycles. The van der Waals surface area contributed by atoms with Crippen molar-refractivity contribution in [2.45, 2.75) is 46.8 Å². The molecule has 2 unspecified atom stereocenters. The van der Waals surface area contributed by atoms with Gasteiger partial charge in [0.1, 0.15) is 0 Å². The summed E-state index contributed by atoms with van der Waals surface area (Å²) in [5, 5.41) is 14.8. The van der Waals surface area contributed by atoms with Gasteiger partial charge in [-0.2, -0.15) is 0 Å². The summed E-state index contributed by atoms with van der Waals surface area (Å²) in [6.07, 6.45) is 4.47. The highest BCUT2D eigenvalue weighted by Crippen LogP contribution is 2.48. The highest BCUT2D eigenvalue weighted by atomic mass is 16.6. The van der Waals surface area contributed by atoms with E-state index in [1.165, 1.54) is 0 Å². The molecule has 176 valence electrons. The zero-order valence-electron chi connectivity index (χ0n) is 20.7. The minimum absolute atomic E-state index is 0.0141. The number of carbonyl (C=O) groups is 1. The molecule has 0 bridgehead atoms.